The monoisotopic (exact) mass is 305 g/mol. The number of rotatable bonds is 4. The number of benzene rings is 1. The Morgan fingerprint density at radius 1 is 1.24 bits per heavy atom. The zero-order valence-electron chi connectivity index (χ0n) is 11.9. The Morgan fingerprint density at radius 3 is 2.48 bits per heavy atom. The molecule has 0 fully saturated rings. The van der Waals surface area contributed by atoms with Gasteiger partial charge in [0.1, 0.15) is 5.75 Å². The largest absolute Gasteiger partial charge is 0.497 e. The van der Waals surface area contributed by atoms with Gasteiger partial charge in [0, 0.05) is 10.9 Å². The third-order valence-electron chi connectivity index (χ3n) is 3.10. The number of aryl methyl sites for hydroxylation is 2. The summed E-state index contributed by atoms with van der Waals surface area (Å²) in [6.07, 6.45) is 0. The van der Waals surface area contributed by atoms with Crippen LogP contribution in [0.2, 0.25) is 0 Å². The van der Waals surface area contributed by atoms with Crippen LogP contribution in [0.25, 0.3) is 0 Å². The molecule has 1 aromatic carbocycles. The third-order valence-corrected chi connectivity index (χ3v) is 4.25. The third kappa shape index (κ3) is 3.22. The first-order valence-corrected chi connectivity index (χ1v) is 7.03. The van der Waals surface area contributed by atoms with Crippen LogP contribution in [0.5, 0.6) is 5.75 Å². The van der Waals surface area contributed by atoms with Crippen molar-refractivity contribution in [2.45, 2.75) is 13.8 Å². The summed E-state index contributed by atoms with van der Waals surface area (Å²) in [5.41, 5.74) is 1.28. The molecule has 6 heteroatoms. The number of aromatic carboxylic acids is 1. The van der Waals surface area contributed by atoms with Crippen LogP contribution < -0.4 is 10.1 Å². The summed E-state index contributed by atoms with van der Waals surface area (Å²) in [6.45, 7) is 3.86. The van der Waals surface area contributed by atoms with Crippen LogP contribution >= 0.6 is 11.3 Å². The summed E-state index contributed by atoms with van der Waals surface area (Å²) < 4.78 is 5.06. The van der Waals surface area contributed by atoms with Crippen molar-refractivity contribution in [2.75, 3.05) is 12.4 Å². The Morgan fingerprint density at radius 2 is 1.95 bits per heavy atom. The minimum atomic E-state index is -1.11. The highest BCUT2D eigenvalue weighted by molar-refractivity contribution is 7.14. The summed E-state index contributed by atoms with van der Waals surface area (Å²) in [5, 5.41) is 11.8. The van der Waals surface area contributed by atoms with Crippen LogP contribution in [-0.4, -0.2) is 24.1 Å². The zero-order chi connectivity index (χ0) is 15.6. The predicted octanol–water partition coefficient (Wildman–Crippen LogP) is 3.32. The molecule has 0 aliphatic heterocycles. The number of carbonyl (C=O) groups excluding carboxylic acids is 1. The smallest absolute Gasteiger partial charge is 0.337 e. The molecule has 0 radical (unpaired) electrons. The molecule has 1 aromatic heterocycles. The average molecular weight is 305 g/mol. The second-order valence-corrected chi connectivity index (χ2v) is 5.78. The van der Waals surface area contributed by atoms with Crippen molar-refractivity contribution in [1.29, 1.82) is 0 Å². The maximum Gasteiger partial charge on any atom is 0.337 e. The Kier molecular flexibility index (Phi) is 4.28. The molecule has 0 aliphatic carbocycles. The normalized spacial score (nSPS) is 10.2. The van der Waals surface area contributed by atoms with Gasteiger partial charge in [0.2, 0.25) is 0 Å². The number of amides is 1. The second-order valence-electron chi connectivity index (χ2n) is 4.52. The Labute approximate surface area is 126 Å². The van der Waals surface area contributed by atoms with Crippen LogP contribution in [0, 0.1) is 13.8 Å². The van der Waals surface area contributed by atoms with Crippen molar-refractivity contribution in [1.82, 2.24) is 0 Å². The van der Waals surface area contributed by atoms with E-state index in [1.54, 1.807) is 12.1 Å². The van der Waals surface area contributed by atoms with Gasteiger partial charge in [-0.25, -0.2) is 4.79 Å². The number of anilines is 1. The molecule has 2 rings (SSSR count). The fourth-order valence-electron chi connectivity index (χ4n) is 1.81. The Balaban J connectivity index is 2.33. The number of thiophene rings is 1. The van der Waals surface area contributed by atoms with Crippen molar-refractivity contribution < 1.29 is 19.4 Å². The van der Waals surface area contributed by atoms with E-state index in [0.717, 1.165) is 10.4 Å². The molecule has 21 heavy (non-hydrogen) atoms. The van der Waals surface area contributed by atoms with Gasteiger partial charge in [-0.3, -0.25) is 4.79 Å². The van der Waals surface area contributed by atoms with Crippen molar-refractivity contribution in [3.05, 3.63) is 45.1 Å². The minimum absolute atomic E-state index is 0.0224. The van der Waals surface area contributed by atoms with Gasteiger partial charge >= 0.3 is 5.97 Å². The Hall–Kier alpha value is -2.34. The highest BCUT2D eigenvalue weighted by Crippen LogP contribution is 2.25. The number of carboxylic acids is 1. The van der Waals surface area contributed by atoms with Gasteiger partial charge in [0.15, 0.2) is 0 Å². The number of nitrogens with one attached hydrogen (secondary N) is 1. The topological polar surface area (TPSA) is 75.6 Å². The fraction of sp³-hybridized carbons (Fsp3) is 0.200. The first-order valence-electron chi connectivity index (χ1n) is 6.22. The first kappa shape index (κ1) is 15.1. The van der Waals surface area contributed by atoms with E-state index in [1.807, 2.05) is 13.8 Å². The predicted molar refractivity (Wildman–Crippen MR) is 81.7 cm³/mol. The average Bonchev–Trinajstić information content (AvgIpc) is 2.78. The Bertz CT molecular complexity index is 686. The minimum Gasteiger partial charge on any atom is -0.497 e. The van der Waals surface area contributed by atoms with Gasteiger partial charge in [-0.1, -0.05) is 0 Å². The van der Waals surface area contributed by atoms with Crippen molar-refractivity contribution in [3.63, 3.8) is 0 Å². The van der Waals surface area contributed by atoms with Gasteiger partial charge < -0.3 is 15.2 Å². The van der Waals surface area contributed by atoms with Gasteiger partial charge in [-0.05, 0) is 37.6 Å². The molecule has 2 aromatic rings. The van der Waals surface area contributed by atoms with Gasteiger partial charge in [0.05, 0.1) is 23.2 Å². The van der Waals surface area contributed by atoms with Crippen molar-refractivity contribution in [2.24, 2.45) is 0 Å². The van der Waals surface area contributed by atoms with Crippen LogP contribution in [0.15, 0.2) is 24.3 Å². The lowest BCUT2D eigenvalue weighted by atomic mass is 10.1. The summed E-state index contributed by atoms with van der Waals surface area (Å²) in [6, 6.07) is 6.23. The molecule has 5 nitrogen and oxygen atoms in total. The molecule has 0 atom stereocenters. The summed E-state index contributed by atoms with van der Waals surface area (Å²) in [5.74, 6) is -0.952. The first-order chi connectivity index (χ1) is 9.92. The molecule has 0 saturated carbocycles. The van der Waals surface area contributed by atoms with E-state index in [9.17, 15) is 14.7 Å². The summed E-state index contributed by atoms with van der Waals surface area (Å²) >= 11 is 1.38. The molecular formula is C15H15NO4S. The van der Waals surface area contributed by atoms with E-state index >= 15 is 0 Å². The number of methoxy groups -OCH3 is 1. The molecule has 1 heterocycles. The van der Waals surface area contributed by atoms with Crippen LogP contribution in [0.4, 0.5) is 5.69 Å². The van der Waals surface area contributed by atoms with Gasteiger partial charge in [-0.2, -0.15) is 0 Å². The number of ether oxygens (including phenoxy) is 1. The molecule has 0 spiro atoms. The maximum absolute atomic E-state index is 12.2. The molecule has 0 aliphatic rings. The standard InChI is InChI=1S/C15H15NO4S/c1-8-6-13(21-9(8)2)14(17)16-12-7-10(20-3)4-5-11(12)15(18)19/h4-7H,1-3H3,(H,16,17)(H,18,19). The molecule has 0 unspecified atom stereocenters. The molecule has 110 valence electrons. The number of hydrogen-bond acceptors (Lipinski definition) is 4. The second kappa shape index (κ2) is 5.97. The molecule has 1 amide bonds. The van der Waals surface area contributed by atoms with E-state index in [4.69, 9.17) is 4.74 Å². The van der Waals surface area contributed by atoms with Gasteiger partial charge in [0.25, 0.3) is 5.91 Å². The SMILES string of the molecule is COc1ccc(C(=O)O)c(NC(=O)c2cc(C)c(C)s2)c1. The zero-order valence-corrected chi connectivity index (χ0v) is 12.7. The van der Waals surface area contributed by atoms with E-state index < -0.39 is 5.97 Å². The van der Waals surface area contributed by atoms with Crippen LogP contribution in [0.3, 0.4) is 0 Å². The maximum atomic E-state index is 12.2. The number of carbonyl (C=O) groups is 2. The quantitative estimate of drug-likeness (QED) is 0.908. The lowest BCUT2D eigenvalue weighted by Gasteiger charge is -2.09. The van der Waals surface area contributed by atoms with Crippen molar-refractivity contribution in [3.8, 4) is 5.75 Å². The van der Waals surface area contributed by atoms with Gasteiger partial charge in [-0.15, -0.1) is 11.3 Å². The van der Waals surface area contributed by atoms with E-state index in [-0.39, 0.29) is 17.2 Å². The molecular weight excluding hydrogens is 290 g/mol. The molecule has 0 bridgehead atoms. The summed E-state index contributed by atoms with van der Waals surface area (Å²) in [4.78, 5) is 25.0. The molecule has 0 saturated heterocycles. The van der Waals surface area contributed by atoms with E-state index in [2.05, 4.69) is 5.32 Å². The van der Waals surface area contributed by atoms with E-state index in [0.29, 0.717) is 10.6 Å². The highest BCUT2D eigenvalue weighted by Gasteiger charge is 2.16. The van der Waals surface area contributed by atoms with Crippen LogP contribution in [-0.2, 0) is 0 Å². The highest BCUT2D eigenvalue weighted by atomic mass is 32.1. The summed E-state index contributed by atoms with van der Waals surface area (Å²) in [7, 11) is 1.48. The molecule has 2 N–H and O–H groups in total. The number of carboxylic acid groups (broad SMARTS) is 1. The lowest BCUT2D eigenvalue weighted by Crippen LogP contribution is -2.13. The van der Waals surface area contributed by atoms with Crippen LogP contribution in [0.1, 0.15) is 30.5 Å². The van der Waals surface area contributed by atoms with Crippen molar-refractivity contribution >= 4 is 28.9 Å². The lowest BCUT2D eigenvalue weighted by molar-refractivity contribution is 0.0698. The number of hydrogen-bond donors (Lipinski definition) is 2. The fourth-order valence-corrected chi connectivity index (χ4v) is 2.74. The van der Waals surface area contributed by atoms with E-state index in [1.165, 1.54) is 30.6 Å².